The Morgan fingerprint density at radius 3 is 2.76 bits per heavy atom. The van der Waals surface area contributed by atoms with Crippen LogP contribution in [0.4, 0.5) is 0 Å². The first-order valence-corrected chi connectivity index (χ1v) is 7.26. The number of aliphatic imine (C=N–C) groups is 1. The van der Waals surface area contributed by atoms with E-state index in [0.29, 0.717) is 10.7 Å². The van der Waals surface area contributed by atoms with Gasteiger partial charge in [-0.15, -0.1) is 6.42 Å². The van der Waals surface area contributed by atoms with Crippen molar-refractivity contribution in [3.05, 3.63) is 33.6 Å². The Morgan fingerprint density at radius 1 is 1.43 bits per heavy atom. The van der Waals surface area contributed by atoms with Gasteiger partial charge in [0.15, 0.2) is 0 Å². The highest BCUT2D eigenvalue weighted by atomic mass is 35.5. The van der Waals surface area contributed by atoms with Crippen molar-refractivity contribution in [2.45, 2.75) is 26.8 Å². The molecule has 0 aliphatic carbocycles. The van der Waals surface area contributed by atoms with E-state index in [0.717, 1.165) is 29.3 Å². The molecule has 0 saturated heterocycles. The van der Waals surface area contributed by atoms with Gasteiger partial charge in [-0.05, 0) is 37.8 Å². The van der Waals surface area contributed by atoms with E-state index < -0.39 is 0 Å². The normalized spacial score (nSPS) is 21.1. The van der Waals surface area contributed by atoms with Crippen LogP contribution >= 0.6 is 11.6 Å². The molecule has 0 amide bonds. The maximum Gasteiger partial charge on any atom is 0.131 e. The summed E-state index contributed by atoms with van der Waals surface area (Å²) in [5.41, 5.74) is 4.64. The topological polar surface area (TPSA) is 33.4 Å². The number of halogens is 1. The number of terminal acetylenes is 1. The second-order valence-corrected chi connectivity index (χ2v) is 5.93. The van der Waals surface area contributed by atoms with E-state index >= 15 is 0 Å². The molecular formula is C16H17ClN4. The van der Waals surface area contributed by atoms with Gasteiger partial charge >= 0.3 is 0 Å². The van der Waals surface area contributed by atoms with Crippen LogP contribution in [0.1, 0.15) is 32.2 Å². The summed E-state index contributed by atoms with van der Waals surface area (Å²) < 4.78 is 1.65. The first-order chi connectivity index (χ1) is 9.93. The molecule has 0 saturated carbocycles. The van der Waals surface area contributed by atoms with Crippen LogP contribution in [0.2, 0.25) is 5.02 Å². The first kappa shape index (κ1) is 14.0. The number of amidine groups is 1. The van der Waals surface area contributed by atoms with E-state index in [1.54, 1.807) is 4.68 Å². The molecule has 21 heavy (non-hydrogen) atoms. The van der Waals surface area contributed by atoms with Gasteiger partial charge in [-0.2, -0.15) is 5.10 Å². The molecule has 2 aliphatic heterocycles. The van der Waals surface area contributed by atoms with Crippen LogP contribution in [-0.4, -0.2) is 33.1 Å². The van der Waals surface area contributed by atoms with Crippen LogP contribution < -0.4 is 0 Å². The molecule has 0 spiro atoms. The SMILES string of the molecule is C#Cc1c(Cl)c(C2=C(C)C=C(C)C3=NC(C)CN32)nn1C. The predicted molar refractivity (Wildman–Crippen MR) is 86.1 cm³/mol. The Kier molecular flexibility index (Phi) is 3.18. The fourth-order valence-corrected chi connectivity index (χ4v) is 3.28. The third-order valence-corrected chi connectivity index (χ3v) is 4.18. The van der Waals surface area contributed by atoms with Crippen LogP contribution in [-0.2, 0) is 7.05 Å². The number of fused-ring (bicyclic) bond motifs is 1. The molecule has 108 valence electrons. The van der Waals surface area contributed by atoms with Gasteiger partial charge in [0, 0.05) is 13.6 Å². The molecule has 0 fully saturated rings. The van der Waals surface area contributed by atoms with Crippen LogP contribution in [0.15, 0.2) is 22.2 Å². The van der Waals surface area contributed by atoms with Crippen molar-refractivity contribution in [2.24, 2.45) is 12.0 Å². The summed E-state index contributed by atoms with van der Waals surface area (Å²) in [4.78, 5) is 6.90. The predicted octanol–water partition coefficient (Wildman–Crippen LogP) is 2.85. The van der Waals surface area contributed by atoms with Crippen molar-refractivity contribution in [1.82, 2.24) is 14.7 Å². The van der Waals surface area contributed by atoms with Crippen molar-refractivity contribution in [2.75, 3.05) is 6.54 Å². The molecule has 1 aromatic heterocycles. The van der Waals surface area contributed by atoms with Gasteiger partial charge in [0.1, 0.15) is 22.2 Å². The number of aromatic nitrogens is 2. The van der Waals surface area contributed by atoms with Crippen LogP contribution in [0, 0.1) is 12.3 Å². The lowest BCUT2D eigenvalue weighted by Crippen LogP contribution is -2.31. The van der Waals surface area contributed by atoms with Gasteiger partial charge < -0.3 is 4.90 Å². The van der Waals surface area contributed by atoms with E-state index in [1.165, 1.54) is 5.57 Å². The van der Waals surface area contributed by atoms with Crippen molar-refractivity contribution < 1.29 is 0 Å². The fraction of sp³-hybridized carbons (Fsp3) is 0.375. The number of hydrogen-bond acceptors (Lipinski definition) is 3. The van der Waals surface area contributed by atoms with Gasteiger partial charge in [-0.25, -0.2) is 0 Å². The summed E-state index contributed by atoms with van der Waals surface area (Å²) >= 11 is 6.44. The van der Waals surface area contributed by atoms with E-state index in [4.69, 9.17) is 23.0 Å². The molecule has 3 heterocycles. The third-order valence-electron chi connectivity index (χ3n) is 3.82. The minimum atomic E-state index is 0.263. The molecule has 0 N–H and O–H groups in total. The van der Waals surface area contributed by atoms with Crippen LogP contribution in [0.3, 0.4) is 0 Å². The highest BCUT2D eigenvalue weighted by Crippen LogP contribution is 2.37. The molecule has 1 atom stereocenters. The minimum Gasteiger partial charge on any atom is -0.322 e. The largest absolute Gasteiger partial charge is 0.322 e. The summed E-state index contributed by atoms with van der Waals surface area (Å²) in [7, 11) is 1.81. The lowest BCUT2D eigenvalue weighted by atomic mass is 10.0. The van der Waals surface area contributed by atoms with E-state index in [9.17, 15) is 0 Å². The van der Waals surface area contributed by atoms with E-state index in [2.05, 4.69) is 42.8 Å². The highest BCUT2D eigenvalue weighted by molar-refractivity contribution is 6.33. The minimum absolute atomic E-state index is 0.263. The van der Waals surface area contributed by atoms with Gasteiger partial charge in [0.25, 0.3) is 0 Å². The zero-order valence-corrected chi connectivity index (χ0v) is 13.4. The summed E-state index contributed by atoms with van der Waals surface area (Å²) in [6.07, 6.45) is 7.65. The maximum absolute atomic E-state index is 6.44. The van der Waals surface area contributed by atoms with E-state index in [1.807, 2.05) is 7.05 Å². The second kappa shape index (κ2) is 4.78. The smallest absolute Gasteiger partial charge is 0.131 e. The molecule has 1 aromatic rings. The van der Waals surface area contributed by atoms with Crippen LogP contribution in [0.5, 0.6) is 0 Å². The standard InChI is InChI=1S/C16H17ClN4/c1-6-12-13(17)14(19-20(12)5)15-9(2)7-10(3)16-18-11(4)8-21(15)16/h1,7,11H,8H2,2-5H3. The Bertz CT molecular complexity index is 758. The number of rotatable bonds is 1. The molecule has 4 nitrogen and oxygen atoms in total. The Balaban J connectivity index is 2.20. The molecule has 0 radical (unpaired) electrons. The highest BCUT2D eigenvalue weighted by Gasteiger charge is 2.33. The monoisotopic (exact) mass is 300 g/mol. The first-order valence-electron chi connectivity index (χ1n) is 6.88. The quantitative estimate of drug-likeness (QED) is 0.747. The lowest BCUT2D eigenvalue weighted by molar-refractivity contribution is 0.569. The van der Waals surface area contributed by atoms with Gasteiger partial charge in [-0.3, -0.25) is 9.67 Å². The number of aryl methyl sites for hydroxylation is 1. The van der Waals surface area contributed by atoms with Gasteiger partial charge in [0.05, 0.1) is 11.7 Å². The van der Waals surface area contributed by atoms with Crippen molar-refractivity contribution in [1.29, 1.82) is 0 Å². The lowest BCUT2D eigenvalue weighted by Gasteiger charge is -2.28. The van der Waals surface area contributed by atoms with Crippen molar-refractivity contribution in [3.63, 3.8) is 0 Å². The number of hydrogen-bond donors (Lipinski definition) is 0. The summed E-state index contributed by atoms with van der Waals surface area (Å²) in [6.45, 7) is 7.10. The molecule has 2 aliphatic rings. The number of allylic oxidation sites excluding steroid dienone is 2. The molecular weight excluding hydrogens is 284 g/mol. The Morgan fingerprint density at radius 2 is 2.14 bits per heavy atom. The molecule has 1 unspecified atom stereocenters. The summed E-state index contributed by atoms with van der Waals surface area (Å²) in [6, 6.07) is 0.263. The van der Waals surface area contributed by atoms with Gasteiger partial charge in [0.2, 0.25) is 0 Å². The number of nitrogens with zero attached hydrogens (tertiary/aromatic N) is 4. The summed E-state index contributed by atoms with van der Waals surface area (Å²) in [5.74, 6) is 3.60. The maximum atomic E-state index is 6.44. The zero-order chi connectivity index (χ0) is 15.3. The van der Waals surface area contributed by atoms with E-state index in [-0.39, 0.29) is 6.04 Å². The average Bonchev–Trinajstić information content (AvgIpc) is 2.91. The molecule has 3 rings (SSSR count). The van der Waals surface area contributed by atoms with Crippen molar-refractivity contribution in [3.8, 4) is 12.3 Å². The zero-order valence-electron chi connectivity index (χ0n) is 12.6. The van der Waals surface area contributed by atoms with Gasteiger partial charge in [-0.1, -0.05) is 17.7 Å². The third kappa shape index (κ3) is 2.00. The Labute approximate surface area is 129 Å². The Hall–Kier alpha value is -1.99. The summed E-state index contributed by atoms with van der Waals surface area (Å²) in [5, 5.41) is 5.05. The van der Waals surface area contributed by atoms with Crippen LogP contribution in [0.25, 0.3) is 5.70 Å². The molecule has 5 heteroatoms. The molecule has 0 aromatic carbocycles. The fourth-order valence-electron chi connectivity index (χ4n) is 2.97. The molecule has 0 bridgehead atoms. The second-order valence-electron chi connectivity index (χ2n) is 5.55. The average molecular weight is 301 g/mol. The van der Waals surface area contributed by atoms with Crippen molar-refractivity contribution >= 4 is 23.1 Å².